The molecule has 102 valence electrons. The maximum Gasteiger partial charge on any atom is 0.238 e. The van der Waals surface area contributed by atoms with Gasteiger partial charge in [0.25, 0.3) is 0 Å². The normalized spacial score (nSPS) is 11.6. The molecule has 2 N–H and O–H groups in total. The van der Waals surface area contributed by atoms with Gasteiger partial charge < -0.3 is 15.4 Å². The predicted molar refractivity (Wildman–Crippen MR) is 70.5 cm³/mol. The maximum absolute atomic E-state index is 11.6. The van der Waals surface area contributed by atoms with E-state index in [-0.39, 0.29) is 18.0 Å². The van der Waals surface area contributed by atoms with E-state index in [2.05, 4.69) is 15.7 Å². The van der Waals surface area contributed by atoms with Gasteiger partial charge in [0.15, 0.2) is 0 Å². The third kappa shape index (κ3) is 5.79. The van der Waals surface area contributed by atoms with Crippen LogP contribution in [-0.2, 0) is 16.1 Å². The monoisotopic (exact) mass is 254 g/mol. The lowest BCUT2D eigenvalue weighted by molar-refractivity contribution is -0.115. The van der Waals surface area contributed by atoms with Gasteiger partial charge in [-0.05, 0) is 20.8 Å². The maximum atomic E-state index is 11.6. The summed E-state index contributed by atoms with van der Waals surface area (Å²) in [7, 11) is 1.64. The number of hydrogen-bond acceptors (Lipinski definition) is 4. The van der Waals surface area contributed by atoms with E-state index in [1.54, 1.807) is 24.2 Å². The zero-order valence-electron chi connectivity index (χ0n) is 11.5. The zero-order valence-corrected chi connectivity index (χ0v) is 11.5. The molecule has 0 spiro atoms. The molecule has 0 bridgehead atoms. The average molecular weight is 254 g/mol. The second-order valence-electron chi connectivity index (χ2n) is 5.14. The fraction of sp³-hybridized carbons (Fsp3) is 0.667. The Bertz CT molecular complexity index is 382. The van der Waals surface area contributed by atoms with E-state index in [1.165, 1.54) is 0 Å². The molecule has 6 heteroatoms. The lowest BCUT2D eigenvalue weighted by Crippen LogP contribution is -2.41. The van der Waals surface area contributed by atoms with E-state index >= 15 is 0 Å². The number of rotatable bonds is 6. The summed E-state index contributed by atoms with van der Waals surface area (Å²) >= 11 is 0. The minimum absolute atomic E-state index is 0.0695. The average Bonchev–Trinajstić information content (AvgIpc) is 2.70. The van der Waals surface area contributed by atoms with E-state index in [0.717, 1.165) is 0 Å². The predicted octanol–water partition coefficient (Wildman–Crippen LogP) is 0.856. The third-order valence-electron chi connectivity index (χ3n) is 2.22. The summed E-state index contributed by atoms with van der Waals surface area (Å²) in [6.45, 7) is 7.61. The Kier molecular flexibility index (Phi) is 5.30. The number of nitrogens with one attached hydrogen (secondary N) is 2. The molecule has 0 unspecified atom stereocenters. The van der Waals surface area contributed by atoms with Crippen LogP contribution in [0, 0.1) is 0 Å². The van der Waals surface area contributed by atoms with Crippen molar-refractivity contribution in [3.63, 3.8) is 0 Å². The summed E-state index contributed by atoms with van der Waals surface area (Å²) in [6.07, 6.45) is 3.42. The molecule has 1 aromatic rings. The fourth-order valence-electron chi connectivity index (χ4n) is 1.29. The van der Waals surface area contributed by atoms with Crippen molar-refractivity contribution in [2.45, 2.75) is 32.9 Å². The van der Waals surface area contributed by atoms with Crippen LogP contribution in [0.2, 0.25) is 0 Å². The second-order valence-corrected chi connectivity index (χ2v) is 5.14. The molecule has 0 saturated heterocycles. The first-order valence-electron chi connectivity index (χ1n) is 5.97. The van der Waals surface area contributed by atoms with E-state index < -0.39 is 0 Å². The minimum atomic E-state index is -0.0729. The number of hydrogen-bond donors (Lipinski definition) is 2. The Morgan fingerprint density at radius 2 is 2.22 bits per heavy atom. The summed E-state index contributed by atoms with van der Waals surface area (Å²) in [6, 6.07) is 0. The summed E-state index contributed by atoms with van der Waals surface area (Å²) < 4.78 is 6.69. The van der Waals surface area contributed by atoms with Crippen LogP contribution in [-0.4, -0.2) is 41.5 Å². The highest BCUT2D eigenvalue weighted by molar-refractivity contribution is 5.91. The summed E-state index contributed by atoms with van der Waals surface area (Å²) in [5.74, 6) is -0.0729. The first-order chi connectivity index (χ1) is 8.40. The van der Waals surface area contributed by atoms with Gasteiger partial charge in [-0.1, -0.05) is 0 Å². The van der Waals surface area contributed by atoms with Crippen LogP contribution in [0.25, 0.3) is 0 Å². The van der Waals surface area contributed by atoms with Crippen LogP contribution in [0.1, 0.15) is 20.8 Å². The number of ether oxygens (including phenoxy) is 1. The van der Waals surface area contributed by atoms with Crippen molar-refractivity contribution in [2.24, 2.45) is 0 Å². The Labute approximate surface area is 108 Å². The van der Waals surface area contributed by atoms with Crippen molar-refractivity contribution in [3.05, 3.63) is 12.4 Å². The molecule has 0 aliphatic carbocycles. The van der Waals surface area contributed by atoms with Gasteiger partial charge in [0.2, 0.25) is 5.91 Å². The molecule has 1 aromatic heterocycles. The summed E-state index contributed by atoms with van der Waals surface area (Å²) in [5, 5.41) is 10.0. The molecule has 0 aromatic carbocycles. The van der Waals surface area contributed by atoms with Crippen LogP contribution in [0.15, 0.2) is 12.4 Å². The first kappa shape index (κ1) is 14.7. The molecule has 1 heterocycles. The van der Waals surface area contributed by atoms with Crippen LogP contribution in [0.5, 0.6) is 0 Å². The largest absolute Gasteiger partial charge is 0.383 e. The van der Waals surface area contributed by atoms with E-state index in [9.17, 15) is 4.79 Å². The van der Waals surface area contributed by atoms with Gasteiger partial charge in [-0.15, -0.1) is 0 Å². The molecule has 0 fully saturated rings. The Balaban J connectivity index is 2.37. The van der Waals surface area contributed by atoms with E-state index in [1.807, 2.05) is 20.8 Å². The minimum Gasteiger partial charge on any atom is -0.383 e. The molecule has 0 saturated carbocycles. The standard InChI is InChI=1S/C12H22N4O2/c1-12(2,3)13-8-11(17)15-10-7-14-16(9-10)5-6-18-4/h7,9,13H,5-6,8H2,1-4H3,(H,15,17). The van der Waals surface area contributed by atoms with E-state index in [4.69, 9.17) is 4.74 Å². The van der Waals surface area contributed by atoms with Crippen molar-refractivity contribution in [1.82, 2.24) is 15.1 Å². The van der Waals surface area contributed by atoms with Gasteiger partial charge in [-0.3, -0.25) is 9.48 Å². The topological polar surface area (TPSA) is 68.2 Å². The number of methoxy groups -OCH3 is 1. The van der Waals surface area contributed by atoms with Gasteiger partial charge in [0.1, 0.15) is 0 Å². The first-order valence-corrected chi connectivity index (χ1v) is 5.97. The number of aromatic nitrogens is 2. The number of amides is 1. The second kappa shape index (κ2) is 6.51. The van der Waals surface area contributed by atoms with Gasteiger partial charge in [-0.25, -0.2) is 0 Å². The van der Waals surface area contributed by atoms with Gasteiger partial charge in [0, 0.05) is 18.8 Å². The van der Waals surface area contributed by atoms with Crippen molar-refractivity contribution in [2.75, 3.05) is 25.6 Å². The van der Waals surface area contributed by atoms with Crippen LogP contribution < -0.4 is 10.6 Å². The van der Waals surface area contributed by atoms with E-state index in [0.29, 0.717) is 18.8 Å². The molecule has 0 aliphatic rings. The molecule has 1 rings (SSSR count). The van der Waals surface area contributed by atoms with Crippen LogP contribution in [0.4, 0.5) is 5.69 Å². The smallest absolute Gasteiger partial charge is 0.238 e. The fourth-order valence-corrected chi connectivity index (χ4v) is 1.29. The Morgan fingerprint density at radius 1 is 1.50 bits per heavy atom. The lowest BCUT2D eigenvalue weighted by Gasteiger charge is -2.19. The molecular weight excluding hydrogens is 232 g/mol. The van der Waals surface area contributed by atoms with Gasteiger partial charge >= 0.3 is 0 Å². The molecular formula is C12H22N4O2. The number of anilines is 1. The number of carbonyl (C=O) groups is 1. The molecule has 18 heavy (non-hydrogen) atoms. The molecule has 0 atom stereocenters. The Hall–Kier alpha value is -1.40. The highest BCUT2D eigenvalue weighted by Gasteiger charge is 2.11. The zero-order chi connectivity index (χ0) is 13.6. The highest BCUT2D eigenvalue weighted by atomic mass is 16.5. The highest BCUT2D eigenvalue weighted by Crippen LogP contribution is 2.04. The quantitative estimate of drug-likeness (QED) is 0.790. The van der Waals surface area contributed by atoms with Crippen molar-refractivity contribution in [1.29, 1.82) is 0 Å². The Morgan fingerprint density at radius 3 is 2.83 bits per heavy atom. The van der Waals surface area contributed by atoms with Crippen molar-refractivity contribution < 1.29 is 9.53 Å². The number of carbonyl (C=O) groups excluding carboxylic acids is 1. The van der Waals surface area contributed by atoms with Crippen molar-refractivity contribution >= 4 is 11.6 Å². The molecule has 1 amide bonds. The summed E-state index contributed by atoms with van der Waals surface area (Å²) in [5.41, 5.74) is 0.631. The van der Waals surface area contributed by atoms with Crippen LogP contribution >= 0.6 is 0 Å². The van der Waals surface area contributed by atoms with Gasteiger partial charge in [0.05, 0.1) is 31.6 Å². The SMILES string of the molecule is COCCn1cc(NC(=O)CNC(C)(C)C)cn1. The third-order valence-corrected chi connectivity index (χ3v) is 2.22. The lowest BCUT2D eigenvalue weighted by atomic mass is 10.1. The molecule has 0 aliphatic heterocycles. The number of nitrogens with zero attached hydrogens (tertiary/aromatic N) is 2. The van der Waals surface area contributed by atoms with Crippen molar-refractivity contribution in [3.8, 4) is 0 Å². The summed E-state index contributed by atoms with van der Waals surface area (Å²) in [4.78, 5) is 11.6. The van der Waals surface area contributed by atoms with Crippen LogP contribution in [0.3, 0.4) is 0 Å². The van der Waals surface area contributed by atoms with Gasteiger partial charge in [-0.2, -0.15) is 5.10 Å². The molecule has 6 nitrogen and oxygen atoms in total. The molecule has 0 radical (unpaired) electrons.